The van der Waals surface area contributed by atoms with Gasteiger partial charge in [0.05, 0.1) is 28.3 Å². The topological polar surface area (TPSA) is 160 Å². The number of hydrogen-bond donors (Lipinski definition) is 3. The van der Waals surface area contributed by atoms with Crippen molar-refractivity contribution in [3.63, 3.8) is 0 Å². The first kappa shape index (κ1) is 46.2. The van der Waals surface area contributed by atoms with Gasteiger partial charge in [-0.2, -0.15) is 9.97 Å². The molecule has 1 aliphatic carbocycles. The molecular formula is C52H55ClF2N10O5. The summed E-state index contributed by atoms with van der Waals surface area (Å²) in [6.45, 7) is 8.70. The first-order chi connectivity index (χ1) is 33.9. The maximum atomic E-state index is 17.1. The summed E-state index contributed by atoms with van der Waals surface area (Å²) in [5, 5.41) is 18.2. The SMILES string of the molecule is C#Cc1c(F)ccc2cc(O)cc(-c3ncc4c(N5CC6CCC(C5)N6)nc(OCC5(CN6CCC(CCN7CCN(C(=O)c8ccc(Cl)c(N9CCC(=O)NC9=O)c8)CC7)CC6)CC5)nc4c3F)c12. The number of imide groups is 1. The van der Waals surface area contributed by atoms with Crippen LogP contribution in [0.3, 0.4) is 0 Å². The van der Waals surface area contributed by atoms with Crippen LogP contribution in [-0.4, -0.2) is 143 Å². The molecule has 2 aromatic heterocycles. The van der Waals surface area contributed by atoms with E-state index in [4.69, 9.17) is 32.7 Å². The van der Waals surface area contributed by atoms with Crippen LogP contribution in [0.25, 0.3) is 32.9 Å². The van der Waals surface area contributed by atoms with Gasteiger partial charge in [0.25, 0.3) is 5.91 Å². The number of piperidine rings is 1. The number of nitrogens with zero attached hydrogens (tertiary/aromatic N) is 8. The minimum atomic E-state index is -0.735. The van der Waals surface area contributed by atoms with Crippen LogP contribution >= 0.6 is 11.6 Å². The summed E-state index contributed by atoms with van der Waals surface area (Å²) in [5.74, 6) is 1.65. The number of terminal acetylenes is 1. The Hall–Kier alpha value is -6.19. The van der Waals surface area contributed by atoms with Crippen molar-refractivity contribution < 1.29 is 33.0 Å². The summed E-state index contributed by atoms with van der Waals surface area (Å²) in [6.07, 6.45) is 14.9. The van der Waals surface area contributed by atoms with Crippen LogP contribution in [-0.2, 0) is 4.79 Å². The number of anilines is 2. The van der Waals surface area contributed by atoms with E-state index in [1.165, 1.54) is 29.2 Å². The molecule has 15 nitrogen and oxygen atoms in total. The number of carbonyl (C=O) groups is 3. The van der Waals surface area contributed by atoms with Crippen molar-refractivity contribution in [2.75, 3.05) is 88.4 Å². The van der Waals surface area contributed by atoms with Crippen LogP contribution in [0, 0.1) is 35.3 Å². The number of pyridine rings is 1. The lowest BCUT2D eigenvalue weighted by atomic mass is 9.92. The fourth-order valence-electron chi connectivity index (χ4n) is 11.3. The summed E-state index contributed by atoms with van der Waals surface area (Å²) in [7, 11) is 0. The van der Waals surface area contributed by atoms with Crippen molar-refractivity contribution in [2.45, 2.75) is 63.5 Å². The number of rotatable bonds is 12. The third-order valence-corrected chi connectivity index (χ3v) is 15.7. The van der Waals surface area contributed by atoms with E-state index in [2.05, 4.69) is 36.2 Å². The maximum Gasteiger partial charge on any atom is 0.328 e. The number of likely N-dealkylation sites (tertiary alicyclic amines) is 1. The molecule has 0 radical (unpaired) electrons. The average molecular weight is 974 g/mol. The minimum absolute atomic E-state index is 0.0342. The van der Waals surface area contributed by atoms with Crippen LogP contribution in [0.2, 0.25) is 5.02 Å². The molecule has 3 N–H and O–H groups in total. The van der Waals surface area contributed by atoms with Gasteiger partial charge in [-0.1, -0.05) is 23.6 Å². The van der Waals surface area contributed by atoms with Gasteiger partial charge in [-0.15, -0.1) is 6.42 Å². The molecule has 5 saturated heterocycles. The summed E-state index contributed by atoms with van der Waals surface area (Å²) in [4.78, 5) is 62.3. The highest BCUT2D eigenvalue weighted by Crippen LogP contribution is 2.47. The van der Waals surface area contributed by atoms with Crippen LogP contribution in [0.1, 0.15) is 67.3 Å². The number of phenolic OH excluding ortho intramolecular Hbond substituents is 1. The van der Waals surface area contributed by atoms with Gasteiger partial charge in [0.2, 0.25) is 5.91 Å². The fraction of sp³-hybridized carbons (Fsp3) is 0.462. The number of urea groups is 1. The molecule has 7 heterocycles. The van der Waals surface area contributed by atoms with Crippen molar-refractivity contribution in [1.29, 1.82) is 0 Å². The summed E-state index contributed by atoms with van der Waals surface area (Å²) in [5.41, 5.74) is 0.870. The number of ether oxygens (including phenoxy) is 1. The van der Waals surface area contributed by atoms with Crippen molar-refractivity contribution in [3.05, 3.63) is 76.4 Å². The van der Waals surface area contributed by atoms with Gasteiger partial charge in [-0.05, 0) is 112 Å². The molecule has 6 fully saturated rings. The summed E-state index contributed by atoms with van der Waals surface area (Å²) in [6, 6.07) is 10.6. The predicted octanol–water partition coefficient (Wildman–Crippen LogP) is 6.57. The Morgan fingerprint density at radius 1 is 0.943 bits per heavy atom. The highest BCUT2D eigenvalue weighted by molar-refractivity contribution is 6.34. The number of benzene rings is 3. The Bertz CT molecular complexity index is 2940. The molecule has 1 saturated carbocycles. The second kappa shape index (κ2) is 18.9. The van der Waals surface area contributed by atoms with Crippen LogP contribution < -0.4 is 25.2 Å². The van der Waals surface area contributed by atoms with E-state index in [9.17, 15) is 19.5 Å². The smallest absolute Gasteiger partial charge is 0.328 e. The van der Waals surface area contributed by atoms with E-state index in [0.717, 1.165) is 84.2 Å². The first-order valence-electron chi connectivity index (χ1n) is 24.5. The monoisotopic (exact) mass is 972 g/mol. The Kier molecular flexibility index (Phi) is 12.4. The van der Waals surface area contributed by atoms with Crippen molar-refractivity contribution in [3.8, 4) is 35.4 Å². The van der Waals surface area contributed by atoms with Crippen LogP contribution in [0.15, 0.2) is 48.7 Å². The standard InChI is InChI=1S/C52H55ClF2N10O5/c1-2-37-41(54)8-4-32-23-36(66)25-38(44(32)37)46-45(55)47-39(26-56-46)48(64-27-34-5-6-35(28-64)57-34)60-50(59-47)70-30-52(13-14-52)29-62-16-10-31(11-17-62)9-15-61-19-21-63(22-20-61)49(68)33-3-7-40(53)42(24-33)65-18-12-43(67)58-51(65)69/h1,3-4,7-8,23-26,31,34-35,57,66H,5-6,9-22,27-30H2,(H,58,67,69). The van der Waals surface area contributed by atoms with Gasteiger partial charge >= 0.3 is 12.0 Å². The maximum absolute atomic E-state index is 17.1. The Labute approximate surface area is 409 Å². The Balaban J connectivity index is 0.712. The lowest BCUT2D eigenvalue weighted by Crippen LogP contribution is -2.51. The predicted molar refractivity (Wildman–Crippen MR) is 262 cm³/mol. The van der Waals surface area contributed by atoms with Gasteiger partial charge in [0, 0.05) is 99.0 Å². The molecule has 5 aliphatic heterocycles. The number of hydrogen-bond acceptors (Lipinski definition) is 12. The normalized spacial score (nSPS) is 21.9. The molecule has 364 valence electrons. The summed E-state index contributed by atoms with van der Waals surface area (Å²) < 4.78 is 38.6. The molecule has 4 amide bonds. The molecule has 2 atom stereocenters. The lowest BCUT2D eigenvalue weighted by molar-refractivity contribution is -0.120. The largest absolute Gasteiger partial charge is 0.508 e. The molecule has 6 aliphatic rings. The number of carbonyl (C=O) groups excluding carboxylic acids is 3. The lowest BCUT2D eigenvalue weighted by Gasteiger charge is -2.37. The Morgan fingerprint density at radius 2 is 1.71 bits per heavy atom. The number of amides is 4. The first-order valence-corrected chi connectivity index (χ1v) is 24.9. The molecule has 70 heavy (non-hydrogen) atoms. The second-order valence-corrected chi connectivity index (χ2v) is 20.5. The number of halogens is 3. The van der Waals surface area contributed by atoms with Crippen molar-refractivity contribution >= 4 is 62.6 Å². The van der Waals surface area contributed by atoms with Gasteiger partial charge in [0.15, 0.2) is 5.82 Å². The van der Waals surface area contributed by atoms with Crippen molar-refractivity contribution in [2.24, 2.45) is 11.3 Å². The molecular weight excluding hydrogens is 918 g/mol. The van der Waals surface area contributed by atoms with Gasteiger partial charge < -0.3 is 29.9 Å². The number of aromatic hydroxyl groups is 1. The zero-order chi connectivity index (χ0) is 48.3. The van der Waals surface area contributed by atoms with E-state index >= 15 is 8.78 Å². The molecule has 2 bridgehead atoms. The van der Waals surface area contributed by atoms with E-state index in [0.29, 0.717) is 83.7 Å². The molecule has 0 spiro atoms. The fourth-order valence-corrected chi connectivity index (χ4v) is 11.5. The highest BCUT2D eigenvalue weighted by atomic mass is 35.5. The van der Waals surface area contributed by atoms with Crippen LogP contribution in [0.4, 0.5) is 25.1 Å². The van der Waals surface area contributed by atoms with Gasteiger partial charge in [-0.25, -0.2) is 13.6 Å². The second-order valence-electron chi connectivity index (χ2n) is 20.1. The van der Waals surface area contributed by atoms with Gasteiger partial charge in [0.1, 0.15) is 28.6 Å². The molecule has 2 unspecified atom stereocenters. The number of fused-ring (bicyclic) bond motifs is 4. The molecule has 5 aromatic rings. The zero-order valence-corrected chi connectivity index (χ0v) is 39.6. The number of nitrogens with one attached hydrogen (secondary N) is 2. The minimum Gasteiger partial charge on any atom is -0.508 e. The number of aromatic nitrogens is 3. The van der Waals surface area contributed by atoms with Crippen LogP contribution in [0.5, 0.6) is 11.8 Å². The van der Waals surface area contributed by atoms with Gasteiger partial charge in [-0.3, -0.25) is 29.7 Å². The zero-order valence-electron chi connectivity index (χ0n) is 38.9. The molecule has 3 aromatic carbocycles. The molecule has 11 rings (SSSR count). The number of phenols is 1. The van der Waals surface area contributed by atoms with E-state index in [-0.39, 0.29) is 69.7 Å². The van der Waals surface area contributed by atoms with E-state index in [1.807, 2.05) is 4.90 Å². The average Bonchev–Trinajstić information content (AvgIpc) is 4.05. The third-order valence-electron chi connectivity index (χ3n) is 15.4. The molecule has 18 heteroatoms. The quantitative estimate of drug-likeness (QED) is 0.116. The number of piperazine rings is 2. The van der Waals surface area contributed by atoms with E-state index < -0.39 is 17.7 Å². The van der Waals surface area contributed by atoms with Crippen molar-refractivity contribution in [1.82, 2.24) is 40.3 Å². The summed E-state index contributed by atoms with van der Waals surface area (Å²) >= 11 is 6.43. The third kappa shape index (κ3) is 9.18. The highest BCUT2D eigenvalue weighted by Gasteiger charge is 2.46. The Morgan fingerprint density at radius 3 is 2.44 bits per heavy atom. The van der Waals surface area contributed by atoms with E-state index in [1.54, 1.807) is 24.4 Å².